The van der Waals surface area contributed by atoms with Crippen molar-refractivity contribution < 1.29 is 8.81 Å². The Hall–Kier alpha value is -2.35. The van der Waals surface area contributed by atoms with E-state index in [2.05, 4.69) is 10.3 Å². The Morgan fingerprint density at radius 2 is 2.22 bits per heavy atom. The van der Waals surface area contributed by atoms with Gasteiger partial charge in [-0.1, -0.05) is 0 Å². The lowest BCUT2D eigenvalue weighted by Gasteiger charge is -2.04. The van der Waals surface area contributed by atoms with E-state index < -0.39 is 5.82 Å². The molecule has 0 amide bonds. The molecule has 0 fully saturated rings. The molecule has 1 aromatic carbocycles. The lowest BCUT2D eigenvalue weighted by molar-refractivity contribution is 0.478. The van der Waals surface area contributed by atoms with Crippen molar-refractivity contribution in [3.8, 4) is 6.07 Å². The zero-order valence-electron chi connectivity index (χ0n) is 10.1. The van der Waals surface area contributed by atoms with E-state index in [1.165, 1.54) is 12.1 Å². The Labute approximate surface area is 104 Å². The number of aromatic nitrogens is 1. The number of nitrogens with one attached hydrogen (secondary N) is 1. The molecule has 2 rings (SSSR count). The fourth-order valence-electron chi connectivity index (χ4n) is 1.51. The van der Waals surface area contributed by atoms with Crippen LogP contribution in [0.4, 0.5) is 10.1 Å². The predicted molar refractivity (Wildman–Crippen MR) is 64.4 cm³/mol. The van der Waals surface area contributed by atoms with E-state index in [4.69, 9.17) is 9.68 Å². The molecule has 0 saturated heterocycles. The number of rotatable bonds is 3. The average molecular weight is 245 g/mol. The average Bonchev–Trinajstić information content (AvgIpc) is 2.68. The number of halogens is 1. The number of hydrogen-bond acceptors (Lipinski definition) is 4. The molecule has 0 unspecified atom stereocenters. The molecule has 1 aromatic heterocycles. The zero-order chi connectivity index (χ0) is 13.1. The SMILES string of the molecule is Cc1nc(CNc2ccc(F)c(C#N)c2)oc1C. The summed E-state index contributed by atoms with van der Waals surface area (Å²) in [6.45, 7) is 4.11. The van der Waals surface area contributed by atoms with Crippen LogP contribution in [0.25, 0.3) is 0 Å². The number of nitrogens with zero attached hydrogens (tertiary/aromatic N) is 2. The Balaban J connectivity index is 2.09. The van der Waals surface area contributed by atoms with Crippen LogP contribution in [0, 0.1) is 31.0 Å². The lowest BCUT2D eigenvalue weighted by Crippen LogP contribution is -2.00. The maximum absolute atomic E-state index is 13.1. The van der Waals surface area contributed by atoms with Gasteiger partial charge in [-0.15, -0.1) is 0 Å². The molecule has 5 heteroatoms. The summed E-state index contributed by atoms with van der Waals surface area (Å²) in [6.07, 6.45) is 0. The summed E-state index contributed by atoms with van der Waals surface area (Å²) in [6, 6.07) is 6.07. The Kier molecular flexibility index (Phi) is 3.28. The lowest BCUT2D eigenvalue weighted by atomic mass is 10.2. The third-order valence-corrected chi connectivity index (χ3v) is 2.60. The van der Waals surface area contributed by atoms with Gasteiger partial charge in [-0.25, -0.2) is 9.37 Å². The monoisotopic (exact) mass is 245 g/mol. The van der Waals surface area contributed by atoms with Crippen molar-refractivity contribution in [2.75, 3.05) is 5.32 Å². The molecule has 2 aromatic rings. The van der Waals surface area contributed by atoms with Gasteiger partial charge < -0.3 is 9.73 Å². The highest BCUT2D eigenvalue weighted by Crippen LogP contribution is 2.15. The summed E-state index contributed by atoms with van der Waals surface area (Å²) in [4.78, 5) is 4.22. The number of hydrogen-bond donors (Lipinski definition) is 1. The molecular weight excluding hydrogens is 233 g/mol. The molecule has 92 valence electrons. The summed E-state index contributed by atoms with van der Waals surface area (Å²) in [5.41, 5.74) is 1.52. The molecule has 18 heavy (non-hydrogen) atoms. The Morgan fingerprint density at radius 1 is 1.44 bits per heavy atom. The van der Waals surface area contributed by atoms with Crippen molar-refractivity contribution in [3.05, 3.63) is 46.9 Å². The van der Waals surface area contributed by atoms with Crippen LogP contribution >= 0.6 is 0 Å². The fourth-order valence-corrected chi connectivity index (χ4v) is 1.51. The van der Waals surface area contributed by atoms with E-state index >= 15 is 0 Å². The van der Waals surface area contributed by atoms with Crippen molar-refractivity contribution in [2.45, 2.75) is 20.4 Å². The van der Waals surface area contributed by atoms with Crippen LogP contribution in [0.2, 0.25) is 0 Å². The van der Waals surface area contributed by atoms with Crippen LogP contribution in [0.3, 0.4) is 0 Å². The molecule has 0 spiro atoms. The molecule has 1 heterocycles. The molecule has 0 atom stereocenters. The fraction of sp³-hybridized carbons (Fsp3) is 0.231. The smallest absolute Gasteiger partial charge is 0.213 e. The second-order valence-electron chi connectivity index (χ2n) is 3.91. The third-order valence-electron chi connectivity index (χ3n) is 2.60. The largest absolute Gasteiger partial charge is 0.444 e. The van der Waals surface area contributed by atoms with Crippen LogP contribution in [-0.2, 0) is 6.54 Å². The molecule has 4 nitrogen and oxygen atoms in total. The maximum atomic E-state index is 13.1. The van der Waals surface area contributed by atoms with Crippen molar-refractivity contribution >= 4 is 5.69 Å². The van der Waals surface area contributed by atoms with Crippen LogP contribution in [-0.4, -0.2) is 4.98 Å². The minimum Gasteiger partial charge on any atom is -0.444 e. The van der Waals surface area contributed by atoms with Gasteiger partial charge in [0.25, 0.3) is 0 Å². The molecular formula is C13H12FN3O. The normalized spacial score (nSPS) is 10.1. The number of oxazole rings is 1. The topological polar surface area (TPSA) is 61.9 Å². The summed E-state index contributed by atoms with van der Waals surface area (Å²) in [7, 11) is 0. The van der Waals surface area contributed by atoms with Crippen LogP contribution < -0.4 is 5.32 Å². The standard InChI is InChI=1S/C13H12FN3O/c1-8-9(2)18-13(17-8)7-16-11-3-4-12(14)10(5-11)6-15/h3-5,16H,7H2,1-2H3. The molecule has 0 saturated carbocycles. The summed E-state index contributed by atoms with van der Waals surface area (Å²) < 4.78 is 18.5. The summed E-state index contributed by atoms with van der Waals surface area (Å²) in [5, 5.41) is 11.7. The highest BCUT2D eigenvalue weighted by atomic mass is 19.1. The quantitative estimate of drug-likeness (QED) is 0.903. The van der Waals surface area contributed by atoms with E-state index in [0.717, 1.165) is 11.5 Å². The van der Waals surface area contributed by atoms with Crippen molar-refractivity contribution in [1.29, 1.82) is 5.26 Å². The molecule has 1 N–H and O–H groups in total. The predicted octanol–water partition coefficient (Wildman–Crippen LogP) is 2.91. The zero-order valence-corrected chi connectivity index (χ0v) is 10.1. The highest BCUT2D eigenvalue weighted by Gasteiger charge is 2.06. The number of anilines is 1. The molecule has 0 aliphatic rings. The highest BCUT2D eigenvalue weighted by molar-refractivity contribution is 5.49. The maximum Gasteiger partial charge on any atom is 0.213 e. The van der Waals surface area contributed by atoms with Gasteiger partial charge in [0.1, 0.15) is 17.6 Å². The van der Waals surface area contributed by atoms with Gasteiger partial charge >= 0.3 is 0 Å². The van der Waals surface area contributed by atoms with E-state index in [1.807, 2.05) is 13.8 Å². The number of aryl methyl sites for hydroxylation is 2. The summed E-state index contributed by atoms with van der Waals surface area (Å²) >= 11 is 0. The Morgan fingerprint density at radius 3 is 2.83 bits per heavy atom. The first-order valence-corrected chi connectivity index (χ1v) is 5.46. The minimum absolute atomic E-state index is 0.0137. The van der Waals surface area contributed by atoms with E-state index in [9.17, 15) is 4.39 Å². The molecule has 0 bridgehead atoms. The number of nitriles is 1. The van der Waals surface area contributed by atoms with E-state index in [1.54, 1.807) is 12.1 Å². The van der Waals surface area contributed by atoms with Crippen LogP contribution in [0.5, 0.6) is 0 Å². The van der Waals surface area contributed by atoms with Crippen molar-refractivity contribution in [1.82, 2.24) is 4.98 Å². The molecule has 0 aliphatic heterocycles. The van der Waals surface area contributed by atoms with Crippen LogP contribution in [0.15, 0.2) is 22.6 Å². The second kappa shape index (κ2) is 4.88. The van der Waals surface area contributed by atoms with Gasteiger partial charge in [0.05, 0.1) is 17.8 Å². The van der Waals surface area contributed by atoms with E-state index in [0.29, 0.717) is 18.1 Å². The van der Waals surface area contributed by atoms with Gasteiger partial charge in [0.15, 0.2) is 0 Å². The van der Waals surface area contributed by atoms with E-state index in [-0.39, 0.29) is 5.56 Å². The van der Waals surface area contributed by atoms with Crippen LogP contribution in [0.1, 0.15) is 22.9 Å². The first kappa shape index (κ1) is 12.1. The first-order chi connectivity index (χ1) is 8.60. The van der Waals surface area contributed by atoms with Crippen molar-refractivity contribution in [3.63, 3.8) is 0 Å². The Bertz CT molecular complexity index is 594. The molecule has 0 radical (unpaired) electrons. The van der Waals surface area contributed by atoms with Gasteiger partial charge in [-0.05, 0) is 32.0 Å². The van der Waals surface area contributed by atoms with Gasteiger partial charge in [-0.3, -0.25) is 0 Å². The number of benzene rings is 1. The summed E-state index contributed by atoms with van der Waals surface area (Å²) in [5.74, 6) is 0.822. The second-order valence-corrected chi connectivity index (χ2v) is 3.91. The minimum atomic E-state index is -0.522. The third kappa shape index (κ3) is 2.48. The van der Waals surface area contributed by atoms with Gasteiger partial charge in [-0.2, -0.15) is 5.26 Å². The van der Waals surface area contributed by atoms with Gasteiger partial charge in [0.2, 0.25) is 5.89 Å². The molecule has 0 aliphatic carbocycles. The van der Waals surface area contributed by atoms with Crippen molar-refractivity contribution in [2.24, 2.45) is 0 Å². The first-order valence-electron chi connectivity index (χ1n) is 5.46. The van der Waals surface area contributed by atoms with Gasteiger partial charge in [0, 0.05) is 5.69 Å².